The summed E-state index contributed by atoms with van der Waals surface area (Å²) in [5.74, 6) is 0.662. The number of aryl methyl sites for hydroxylation is 1. The zero-order chi connectivity index (χ0) is 11.5. The molecule has 1 aromatic heterocycles. The van der Waals surface area contributed by atoms with Crippen molar-refractivity contribution in [2.75, 3.05) is 13.1 Å². The second-order valence-electron chi connectivity index (χ2n) is 4.14. The largest absolute Gasteiger partial charge is 0.370 e. The fourth-order valence-corrected chi connectivity index (χ4v) is 2.13. The van der Waals surface area contributed by atoms with Crippen LogP contribution in [0.15, 0.2) is 23.5 Å². The Hall–Kier alpha value is -1.58. The maximum Gasteiger partial charge on any atom is 0.191 e. The second-order valence-corrected chi connectivity index (χ2v) is 4.14. The van der Waals surface area contributed by atoms with Gasteiger partial charge in [-0.1, -0.05) is 6.92 Å². The van der Waals surface area contributed by atoms with Crippen molar-refractivity contribution in [2.45, 2.75) is 26.3 Å². The van der Waals surface area contributed by atoms with Gasteiger partial charge in [0.05, 0.1) is 12.6 Å². The van der Waals surface area contributed by atoms with Gasteiger partial charge in [0.1, 0.15) is 0 Å². The van der Waals surface area contributed by atoms with E-state index in [-0.39, 0.29) is 6.04 Å². The van der Waals surface area contributed by atoms with Gasteiger partial charge in [-0.15, -0.1) is 0 Å². The van der Waals surface area contributed by atoms with E-state index in [1.807, 2.05) is 18.5 Å². The van der Waals surface area contributed by atoms with Crippen LogP contribution in [0.25, 0.3) is 0 Å². The van der Waals surface area contributed by atoms with Crippen LogP contribution < -0.4 is 5.73 Å². The molecule has 1 aromatic rings. The van der Waals surface area contributed by atoms with Gasteiger partial charge >= 0.3 is 0 Å². The van der Waals surface area contributed by atoms with Crippen molar-refractivity contribution < 1.29 is 0 Å². The highest BCUT2D eigenvalue weighted by atomic mass is 15.3. The van der Waals surface area contributed by atoms with Crippen LogP contribution >= 0.6 is 0 Å². The SMILES string of the molecule is CCCN1C(N)=NCC1c1cnccc1C. The Kier molecular flexibility index (Phi) is 3.08. The number of guanidine groups is 1. The zero-order valence-corrected chi connectivity index (χ0v) is 9.85. The van der Waals surface area contributed by atoms with Crippen molar-refractivity contribution in [3.63, 3.8) is 0 Å². The molecule has 0 spiro atoms. The Labute approximate surface area is 96.2 Å². The first-order chi connectivity index (χ1) is 7.74. The Morgan fingerprint density at radius 2 is 2.38 bits per heavy atom. The van der Waals surface area contributed by atoms with Crippen LogP contribution in [0.3, 0.4) is 0 Å². The lowest BCUT2D eigenvalue weighted by Gasteiger charge is -2.26. The topological polar surface area (TPSA) is 54.5 Å². The fraction of sp³-hybridized carbons (Fsp3) is 0.500. The lowest BCUT2D eigenvalue weighted by molar-refractivity contribution is 0.346. The highest BCUT2D eigenvalue weighted by molar-refractivity contribution is 5.80. The summed E-state index contributed by atoms with van der Waals surface area (Å²) >= 11 is 0. The number of nitrogens with two attached hydrogens (primary N) is 1. The molecule has 0 aromatic carbocycles. The number of pyridine rings is 1. The molecule has 0 amide bonds. The van der Waals surface area contributed by atoms with Crippen LogP contribution in [0.4, 0.5) is 0 Å². The van der Waals surface area contributed by atoms with Crippen molar-refractivity contribution in [3.8, 4) is 0 Å². The van der Waals surface area contributed by atoms with Gasteiger partial charge < -0.3 is 10.6 Å². The predicted molar refractivity (Wildman–Crippen MR) is 65.2 cm³/mol. The van der Waals surface area contributed by atoms with Gasteiger partial charge in [0.2, 0.25) is 0 Å². The van der Waals surface area contributed by atoms with Crippen LogP contribution in [0, 0.1) is 6.92 Å². The van der Waals surface area contributed by atoms with Gasteiger partial charge in [0, 0.05) is 18.9 Å². The molecule has 86 valence electrons. The van der Waals surface area contributed by atoms with E-state index in [1.54, 1.807) is 0 Å². The van der Waals surface area contributed by atoms with Gasteiger partial charge in [-0.3, -0.25) is 9.98 Å². The summed E-state index contributed by atoms with van der Waals surface area (Å²) in [4.78, 5) is 10.7. The predicted octanol–water partition coefficient (Wildman–Crippen LogP) is 1.47. The summed E-state index contributed by atoms with van der Waals surface area (Å²) in [6.45, 7) is 5.96. The van der Waals surface area contributed by atoms with E-state index in [4.69, 9.17) is 5.73 Å². The van der Waals surface area contributed by atoms with E-state index in [1.165, 1.54) is 11.1 Å². The van der Waals surface area contributed by atoms with Crippen molar-refractivity contribution in [2.24, 2.45) is 10.7 Å². The van der Waals surface area contributed by atoms with Crippen molar-refractivity contribution in [1.82, 2.24) is 9.88 Å². The molecule has 1 aliphatic heterocycles. The molecule has 2 rings (SSSR count). The highest BCUT2D eigenvalue weighted by Crippen LogP contribution is 2.27. The summed E-state index contributed by atoms with van der Waals surface area (Å²) in [5, 5.41) is 0. The van der Waals surface area contributed by atoms with Crippen LogP contribution in [0.2, 0.25) is 0 Å². The van der Waals surface area contributed by atoms with Crippen molar-refractivity contribution in [1.29, 1.82) is 0 Å². The summed E-state index contributed by atoms with van der Waals surface area (Å²) in [7, 11) is 0. The second kappa shape index (κ2) is 4.51. The maximum atomic E-state index is 5.90. The number of rotatable bonds is 3. The molecule has 0 saturated heterocycles. The van der Waals surface area contributed by atoms with Crippen LogP contribution in [-0.2, 0) is 0 Å². The molecule has 1 aliphatic rings. The quantitative estimate of drug-likeness (QED) is 0.836. The molecule has 0 aliphatic carbocycles. The van der Waals surface area contributed by atoms with Crippen LogP contribution in [0.5, 0.6) is 0 Å². The third kappa shape index (κ3) is 1.87. The molecule has 0 radical (unpaired) electrons. The smallest absolute Gasteiger partial charge is 0.191 e. The molecule has 0 fully saturated rings. The van der Waals surface area contributed by atoms with Gasteiger partial charge in [-0.2, -0.15) is 0 Å². The summed E-state index contributed by atoms with van der Waals surface area (Å²) in [6, 6.07) is 2.31. The van der Waals surface area contributed by atoms with E-state index in [0.717, 1.165) is 19.5 Å². The number of nitrogens with zero attached hydrogens (tertiary/aromatic N) is 3. The summed E-state index contributed by atoms with van der Waals surface area (Å²) in [5.41, 5.74) is 8.39. The molecule has 0 bridgehead atoms. The normalized spacial score (nSPS) is 20.0. The molecule has 4 nitrogen and oxygen atoms in total. The summed E-state index contributed by atoms with van der Waals surface area (Å²) in [6.07, 6.45) is 4.82. The molecular weight excluding hydrogens is 200 g/mol. The number of aromatic nitrogens is 1. The minimum atomic E-state index is 0.272. The van der Waals surface area contributed by atoms with E-state index in [0.29, 0.717) is 5.96 Å². The van der Waals surface area contributed by atoms with E-state index >= 15 is 0 Å². The third-order valence-corrected chi connectivity index (χ3v) is 3.00. The van der Waals surface area contributed by atoms with Crippen molar-refractivity contribution >= 4 is 5.96 Å². The molecule has 1 unspecified atom stereocenters. The maximum absolute atomic E-state index is 5.90. The Balaban J connectivity index is 2.25. The lowest BCUT2D eigenvalue weighted by Crippen LogP contribution is -2.36. The number of hydrogen-bond donors (Lipinski definition) is 1. The molecular formula is C12H18N4. The molecule has 16 heavy (non-hydrogen) atoms. The average Bonchev–Trinajstić information content (AvgIpc) is 2.62. The van der Waals surface area contributed by atoms with Gasteiger partial charge in [-0.25, -0.2) is 0 Å². The van der Waals surface area contributed by atoms with E-state index < -0.39 is 0 Å². The van der Waals surface area contributed by atoms with E-state index in [9.17, 15) is 0 Å². The molecule has 4 heteroatoms. The van der Waals surface area contributed by atoms with Crippen LogP contribution in [-0.4, -0.2) is 28.9 Å². The summed E-state index contributed by atoms with van der Waals surface area (Å²) < 4.78 is 0. The number of hydrogen-bond acceptors (Lipinski definition) is 4. The monoisotopic (exact) mass is 218 g/mol. The molecule has 2 heterocycles. The minimum Gasteiger partial charge on any atom is -0.370 e. The molecule has 1 atom stereocenters. The van der Waals surface area contributed by atoms with Gasteiger partial charge in [0.25, 0.3) is 0 Å². The Morgan fingerprint density at radius 3 is 3.06 bits per heavy atom. The van der Waals surface area contributed by atoms with Crippen molar-refractivity contribution in [3.05, 3.63) is 29.6 Å². The molecule has 2 N–H and O–H groups in total. The minimum absolute atomic E-state index is 0.272. The number of aliphatic imine (C=N–C) groups is 1. The van der Waals surface area contributed by atoms with Gasteiger partial charge in [-0.05, 0) is 30.5 Å². The standard InChI is InChI=1S/C12H18N4/c1-3-6-16-11(8-15-12(16)13)10-7-14-5-4-9(10)2/h4-5,7,11H,3,6,8H2,1-2H3,(H2,13,15). The first kappa shape index (κ1) is 10.9. The van der Waals surface area contributed by atoms with E-state index in [2.05, 4.69) is 28.7 Å². The third-order valence-electron chi connectivity index (χ3n) is 3.00. The fourth-order valence-electron chi connectivity index (χ4n) is 2.13. The highest BCUT2D eigenvalue weighted by Gasteiger charge is 2.27. The Morgan fingerprint density at radius 1 is 1.56 bits per heavy atom. The molecule has 0 saturated carbocycles. The zero-order valence-electron chi connectivity index (χ0n) is 9.85. The Bertz CT molecular complexity index is 400. The average molecular weight is 218 g/mol. The lowest BCUT2D eigenvalue weighted by atomic mass is 10.0. The first-order valence-electron chi connectivity index (χ1n) is 5.71. The first-order valence-corrected chi connectivity index (χ1v) is 5.71. The van der Waals surface area contributed by atoms with Gasteiger partial charge in [0.15, 0.2) is 5.96 Å². The van der Waals surface area contributed by atoms with Crippen LogP contribution in [0.1, 0.15) is 30.5 Å².